The summed E-state index contributed by atoms with van der Waals surface area (Å²) in [6, 6.07) is 18.1. The van der Waals surface area contributed by atoms with Crippen molar-refractivity contribution in [2.75, 3.05) is 13.1 Å². The molecule has 158 valence electrons. The van der Waals surface area contributed by atoms with E-state index in [4.69, 9.17) is 8.94 Å². The molecule has 1 atom stereocenters. The highest BCUT2D eigenvalue weighted by atomic mass is 32.2. The van der Waals surface area contributed by atoms with E-state index in [1.54, 1.807) is 35.2 Å². The lowest BCUT2D eigenvalue weighted by Crippen LogP contribution is -2.32. The molecule has 2 aromatic carbocycles. The fourth-order valence-electron chi connectivity index (χ4n) is 3.97. The highest BCUT2D eigenvalue weighted by Gasteiger charge is 2.36. The maximum absolute atomic E-state index is 13.1. The van der Waals surface area contributed by atoms with Gasteiger partial charge in [-0.25, -0.2) is 8.42 Å². The number of amides is 1. The van der Waals surface area contributed by atoms with Gasteiger partial charge in [-0.3, -0.25) is 4.79 Å². The number of nitrogens with zero attached hydrogens (tertiary/aromatic N) is 2. The Labute approximate surface area is 179 Å². The van der Waals surface area contributed by atoms with Crippen molar-refractivity contribution in [3.63, 3.8) is 0 Å². The standard InChI is InChI=1S/C23H20N2O5S/c26-23(25-11-10-19(14-25)31(27,28)15-18-7-4-12-29-18)17-8-9-21-20(13-17)22(30-24-21)16-5-2-1-3-6-16/h1-9,12-13,19H,10-11,14-15H2/t19-/m1/s1. The number of benzene rings is 2. The molecule has 2 aromatic heterocycles. The number of carbonyl (C=O) groups is 1. The van der Waals surface area contributed by atoms with Crippen molar-refractivity contribution in [2.45, 2.75) is 17.4 Å². The number of furan rings is 1. The van der Waals surface area contributed by atoms with Crippen LogP contribution in [0.3, 0.4) is 0 Å². The third-order valence-corrected chi connectivity index (χ3v) is 7.71. The number of rotatable bonds is 5. The van der Waals surface area contributed by atoms with Gasteiger partial charge in [0.1, 0.15) is 17.0 Å². The second-order valence-corrected chi connectivity index (χ2v) is 9.94. The lowest BCUT2D eigenvalue weighted by Gasteiger charge is -2.16. The molecule has 0 bridgehead atoms. The number of likely N-dealkylation sites (tertiary alicyclic amines) is 1. The third kappa shape index (κ3) is 3.74. The first-order valence-corrected chi connectivity index (χ1v) is 11.7. The molecular formula is C23H20N2O5S. The van der Waals surface area contributed by atoms with Crippen LogP contribution in [0, 0.1) is 0 Å². The maximum Gasteiger partial charge on any atom is 0.253 e. The molecule has 8 heteroatoms. The van der Waals surface area contributed by atoms with E-state index in [-0.39, 0.29) is 18.2 Å². The lowest BCUT2D eigenvalue weighted by atomic mass is 10.1. The first-order valence-electron chi connectivity index (χ1n) is 9.99. The van der Waals surface area contributed by atoms with Gasteiger partial charge in [-0.2, -0.15) is 0 Å². The Bertz CT molecular complexity index is 1330. The molecule has 7 nitrogen and oxygen atoms in total. The minimum atomic E-state index is -3.41. The molecule has 0 N–H and O–H groups in total. The summed E-state index contributed by atoms with van der Waals surface area (Å²) in [6.45, 7) is 0.573. The van der Waals surface area contributed by atoms with Gasteiger partial charge in [-0.15, -0.1) is 0 Å². The van der Waals surface area contributed by atoms with E-state index in [9.17, 15) is 13.2 Å². The summed E-state index contributed by atoms with van der Waals surface area (Å²) in [5, 5.41) is 4.24. The van der Waals surface area contributed by atoms with Gasteiger partial charge in [0.15, 0.2) is 15.6 Å². The van der Waals surface area contributed by atoms with E-state index in [1.165, 1.54) is 6.26 Å². The summed E-state index contributed by atoms with van der Waals surface area (Å²) in [5.41, 5.74) is 2.02. The first kappa shape index (κ1) is 19.6. The van der Waals surface area contributed by atoms with Crippen molar-refractivity contribution >= 4 is 26.6 Å². The van der Waals surface area contributed by atoms with Crippen molar-refractivity contribution < 1.29 is 22.2 Å². The van der Waals surface area contributed by atoms with E-state index in [0.717, 1.165) is 10.9 Å². The maximum atomic E-state index is 13.1. The summed E-state index contributed by atoms with van der Waals surface area (Å²) in [5.74, 6) is 0.666. The molecule has 0 saturated carbocycles. The Balaban J connectivity index is 1.37. The lowest BCUT2D eigenvalue weighted by molar-refractivity contribution is 0.0793. The minimum Gasteiger partial charge on any atom is -0.468 e. The van der Waals surface area contributed by atoms with E-state index < -0.39 is 15.1 Å². The second kappa shape index (κ2) is 7.70. The monoisotopic (exact) mass is 436 g/mol. The normalized spacial score (nSPS) is 16.8. The zero-order valence-electron chi connectivity index (χ0n) is 16.6. The van der Waals surface area contributed by atoms with Crippen molar-refractivity contribution in [1.29, 1.82) is 0 Å². The molecule has 0 aliphatic carbocycles. The van der Waals surface area contributed by atoms with Crippen LogP contribution in [-0.4, -0.2) is 42.7 Å². The van der Waals surface area contributed by atoms with Gasteiger partial charge < -0.3 is 13.8 Å². The van der Waals surface area contributed by atoms with E-state index in [0.29, 0.717) is 35.6 Å². The predicted octanol–water partition coefficient (Wildman–Crippen LogP) is 3.92. The molecule has 4 aromatic rings. The quantitative estimate of drug-likeness (QED) is 0.471. The van der Waals surface area contributed by atoms with Crippen LogP contribution in [0.5, 0.6) is 0 Å². The Kier molecular flexibility index (Phi) is 4.86. The zero-order chi connectivity index (χ0) is 21.4. The number of fused-ring (bicyclic) bond motifs is 1. The minimum absolute atomic E-state index is 0.153. The second-order valence-electron chi connectivity index (χ2n) is 7.66. The Hall–Kier alpha value is -3.39. The molecule has 1 fully saturated rings. The summed E-state index contributed by atoms with van der Waals surface area (Å²) >= 11 is 0. The van der Waals surface area contributed by atoms with Gasteiger partial charge in [-0.05, 0) is 36.8 Å². The fourth-order valence-corrected chi connectivity index (χ4v) is 5.64. The average Bonchev–Trinajstić information content (AvgIpc) is 3.53. The van der Waals surface area contributed by atoms with Gasteiger partial charge in [0.2, 0.25) is 0 Å². The van der Waals surface area contributed by atoms with E-state index in [1.807, 2.05) is 30.3 Å². The van der Waals surface area contributed by atoms with Crippen molar-refractivity contribution in [3.05, 3.63) is 78.3 Å². The van der Waals surface area contributed by atoms with Gasteiger partial charge >= 0.3 is 0 Å². The Morgan fingerprint density at radius 2 is 1.94 bits per heavy atom. The van der Waals surface area contributed by atoms with Gasteiger partial charge in [0.05, 0.1) is 16.9 Å². The molecular weight excluding hydrogens is 416 g/mol. The SMILES string of the molecule is O=C(c1ccc2noc(-c3ccccc3)c2c1)N1CC[C@@H](S(=O)(=O)Cc2ccco2)C1. The van der Waals surface area contributed by atoms with Crippen molar-refractivity contribution in [1.82, 2.24) is 10.1 Å². The molecule has 3 heterocycles. The van der Waals surface area contributed by atoms with Crippen LogP contribution in [0.15, 0.2) is 75.9 Å². The fraction of sp³-hybridized carbons (Fsp3) is 0.217. The van der Waals surface area contributed by atoms with E-state index >= 15 is 0 Å². The summed E-state index contributed by atoms with van der Waals surface area (Å²) in [6.07, 6.45) is 1.87. The Morgan fingerprint density at radius 1 is 1.10 bits per heavy atom. The number of aromatic nitrogens is 1. The van der Waals surface area contributed by atoms with E-state index in [2.05, 4.69) is 5.16 Å². The number of hydrogen-bond acceptors (Lipinski definition) is 6. The summed E-state index contributed by atoms with van der Waals surface area (Å²) < 4.78 is 36.1. The van der Waals surface area contributed by atoms with Gasteiger partial charge in [0.25, 0.3) is 5.91 Å². The molecule has 31 heavy (non-hydrogen) atoms. The van der Waals surface area contributed by atoms with Crippen LogP contribution in [0.1, 0.15) is 22.5 Å². The molecule has 0 unspecified atom stereocenters. The van der Waals surface area contributed by atoms with Crippen molar-refractivity contribution in [3.8, 4) is 11.3 Å². The molecule has 5 rings (SSSR count). The molecule has 0 spiro atoms. The molecule has 1 saturated heterocycles. The highest BCUT2D eigenvalue weighted by Crippen LogP contribution is 2.30. The van der Waals surface area contributed by atoms with Crippen LogP contribution in [0.2, 0.25) is 0 Å². The third-order valence-electron chi connectivity index (χ3n) is 5.62. The van der Waals surface area contributed by atoms with Crippen LogP contribution < -0.4 is 0 Å². The highest BCUT2D eigenvalue weighted by molar-refractivity contribution is 7.91. The Morgan fingerprint density at radius 3 is 2.71 bits per heavy atom. The molecule has 1 amide bonds. The van der Waals surface area contributed by atoms with Crippen LogP contribution in [0.4, 0.5) is 0 Å². The van der Waals surface area contributed by atoms with Gasteiger partial charge in [0, 0.05) is 24.2 Å². The zero-order valence-corrected chi connectivity index (χ0v) is 17.4. The topological polar surface area (TPSA) is 93.6 Å². The van der Waals surface area contributed by atoms with Crippen LogP contribution in [-0.2, 0) is 15.6 Å². The number of sulfone groups is 1. The number of hydrogen-bond donors (Lipinski definition) is 0. The predicted molar refractivity (Wildman–Crippen MR) is 115 cm³/mol. The summed E-state index contributed by atoms with van der Waals surface area (Å²) in [7, 11) is -3.41. The average molecular weight is 436 g/mol. The van der Waals surface area contributed by atoms with Crippen molar-refractivity contribution in [2.24, 2.45) is 0 Å². The smallest absolute Gasteiger partial charge is 0.253 e. The van der Waals surface area contributed by atoms with Crippen LogP contribution >= 0.6 is 0 Å². The molecule has 1 aliphatic rings. The molecule has 1 aliphatic heterocycles. The first-order chi connectivity index (χ1) is 15.0. The largest absolute Gasteiger partial charge is 0.468 e. The number of carbonyl (C=O) groups excluding carboxylic acids is 1. The van der Waals surface area contributed by atoms with Crippen LogP contribution in [0.25, 0.3) is 22.2 Å². The summed E-state index contributed by atoms with van der Waals surface area (Å²) in [4.78, 5) is 14.7. The molecule has 0 radical (unpaired) electrons. The van der Waals surface area contributed by atoms with Gasteiger partial charge in [-0.1, -0.05) is 35.5 Å².